The molecular formula is C7H8NO6S2-. The third-order valence-electron chi connectivity index (χ3n) is 1.85. The van der Waals surface area contributed by atoms with E-state index in [-0.39, 0.29) is 5.56 Å². The molecule has 0 spiro atoms. The molecule has 0 aliphatic heterocycles. The van der Waals surface area contributed by atoms with Gasteiger partial charge in [0.1, 0.15) is 15.0 Å². The summed E-state index contributed by atoms with van der Waals surface area (Å²) in [5.41, 5.74) is 4.63. The molecule has 1 aromatic rings. The van der Waals surface area contributed by atoms with E-state index in [2.05, 4.69) is 0 Å². The fraction of sp³-hybridized carbons (Fsp3) is 0.143. The van der Waals surface area contributed by atoms with E-state index >= 15 is 0 Å². The molecule has 0 amide bonds. The standard InChI is InChI=1S/C7H9NO6S2/c1-4-2-7(16(12,13)14)5(8)3-6(4)15(9,10)11/h2-3H,8H2,1H3,(H,9,10,11)(H,12,13,14)/p-1. The van der Waals surface area contributed by atoms with E-state index in [4.69, 9.17) is 10.3 Å². The Morgan fingerprint density at radius 2 is 1.69 bits per heavy atom. The Morgan fingerprint density at radius 1 is 1.19 bits per heavy atom. The van der Waals surface area contributed by atoms with Crippen LogP contribution in [0.1, 0.15) is 5.56 Å². The first-order valence-corrected chi connectivity index (χ1v) is 6.72. The second-order valence-electron chi connectivity index (χ2n) is 3.08. The van der Waals surface area contributed by atoms with Gasteiger partial charge in [0.2, 0.25) is 0 Å². The van der Waals surface area contributed by atoms with Crippen LogP contribution in [-0.4, -0.2) is 25.9 Å². The van der Waals surface area contributed by atoms with Crippen LogP contribution in [0, 0.1) is 6.92 Å². The van der Waals surface area contributed by atoms with Crippen LogP contribution in [-0.2, 0) is 20.2 Å². The van der Waals surface area contributed by atoms with Gasteiger partial charge in [-0.15, -0.1) is 0 Å². The van der Waals surface area contributed by atoms with Crippen molar-refractivity contribution in [3.63, 3.8) is 0 Å². The fourth-order valence-corrected chi connectivity index (χ4v) is 2.58. The summed E-state index contributed by atoms with van der Waals surface area (Å²) in [5.74, 6) is 0. The van der Waals surface area contributed by atoms with Crippen LogP contribution in [0.4, 0.5) is 5.69 Å². The van der Waals surface area contributed by atoms with Crippen LogP contribution in [0.5, 0.6) is 0 Å². The number of hydrogen-bond acceptors (Lipinski definition) is 6. The molecule has 3 N–H and O–H groups in total. The highest BCUT2D eigenvalue weighted by atomic mass is 32.2. The molecule has 0 aliphatic carbocycles. The van der Waals surface area contributed by atoms with Gasteiger partial charge in [0.15, 0.2) is 0 Å². The van der Waals surface area contributed by atoms with Gasteiger partial charge in [-0.05, 0) is 24.6 Å². The van der Waals surface area contributed by atoms with E-state index in [1.807, 2.05) is 0 Å². The molecule has 0 aromatic heterocycles. The lowest BCUT2D eigenvalue weighted by molar-refractivity contribution is 0.461. The molecule has 7 nitrogen and oxygen atoms in total. The van der Waals surface area contributed by atoms with Crippen LogP contribution in [0.2, 0.25) is 0 Å². The molecule has 0 radical (unpaired) electrons. The fourth-order valence-electron chi connectivity index (χ4n) is 1.17. The van der Waals surface area contributed by atoms with Gasteiger partial charge in [-0.1, -0.05) is 0 Å². The maximum atomic E-state index is 10.8. The predicted molar refractivity (Wildman–Crippen MR) is 53.4 cm³/mol. The predicted octanol–water partition coefficient (Wildman–Crippen LogP) is -0.272. The smallest absolute Gasteiger partial charge is 0.296 e. The van der Waals surface area contributed by atoms with E-state index in [1.54, 1.807) is 0 Å². The lowest BCUT2D eigenvalue weighted by Crippen LogP contribution is -2.08. The molecule has 16 heavy (non-hydrogen) atoms. The molecule has 0 saturated heterocycles. The Hall–Kier alpha value is -1.16. The molecule has 0 atom stereocenters. The largest absolute Gasteiger partial charge is 0.744 e. The molecular weight excluding hydrogens is 258 g/mol. The van der Waals surface area contributed by atoms with Gasteiger partial charge in [-0.2, -0.15) is 8.42 Å². The molecule has 0 aliphatic rings. The highest BCUT2D eigenvalue weighted by Gasteiger charge is 2.17. The number of aryl methyl sites for hydroxylation is 1. The molecule has 0 heterocycles. The molecule has 90 valence electrons. The maximum absolute atomic E-state index is 10.8. The summed E-state index contributed by atoms with van der Waals surface area (Å²) in [6.45, 7) is 1.22. The van der Waals surface area contributed by atoms with Gasteiger partial charge >= 0.3 is 0 Å². The molecule has 0 unspecified atom stereocenters. The van der Waals surface area contributed by atoms with Gasteiger partial charge in [-0.3, -0.25) is 4.55 Å². The zero-order valence-electron chi connectivity index (χ0n) is 8.04. The normalized spacial score (nSPS) is 12.7. The number of benzene rings is 1. The van der Waals surface area contributed by atoms with Crippen molar-refractivity contribution in [3.05, 3.63) is 17.7 Å². The van der Waals surface area contributed by atoms with Crippen LogP contribution in [0.3, 0.4) is 0 Å². The average Bonchev–Trinajstić information content (AvgIpc) is 2.04. The number of nitrogen functional groups attached to an aromatic ring is 1. The van der Waals surface area contributed by atoms with Gasteiger partial charge in [0.25, 0.3) is 10.1 Å². The summed E-state index contributed by atoms with van der Waals surface area (Å²) in [7, 11) is -9.26. The van der Waals surface area contributed by atoms with E-state index in [0.29, 0.717) is 6.07 Å². The van der Waals surface area contributed by atoms with Crippen LogP contribution >= 0.6 is 0 Å². The lowest BCUT2D eigenvalue weighted by atomic mass is 10.2. The van der Waals surface area contributed by atoms with E-state index in [1.165, 1.54) is 6.92 Å². The van der Waals surface area contributed by atoms with Crippen LogP contribution in [0.15, 0.2) is 21.9 Å². The molecule has 0 bridgehead atoms. The summed E-state index contributed by atoms with van der Waals surface area (Å²) >= 11 is 0. The summed E-state index contributed by atoms with van der Waals surface area (Å²) in [6, 6.07) is 1.54. The minimum absolute atomic E-state index is 0.100. The summed E-state index contributed by atoms with van der Waals surface area (Å²) in [5, 5.41) is 0. The highest BCUT2D eigenvalue weighted by molar-refractivity contribution is 7.86. The third kappa shape index (κ3) is 2.50. The van der Waals surface area contributed by atoms with Crippen molar-refractivity contribution in [2.75, 3.05) is 5.73 Å². The average molecular weight is 266 g/mol. The van der Waals surface area contributed by atoms with Crippen molar-refractivity contribution in [3.8, 4) is 0 Å². The molecule has 1 aromatic carbocycles. The number of anilines is 1. The highest BCUT2D eigenvalue weighted by Crippen LogP contribution is 2.25. The van der Waals surface area contributed by atoms with Crippen molar-refractivity contribution in [1.29, 1.82) is 0 Å². The number of nitrogens with two attached hydrogens (primary N) is 1. The van der Waals surface area contributed by atoms with E-state index in [9.17, 15) is 21.4 Å². The molecule has 1 rings (SSSR count). The van der Waals surface area contributed by atoms with Crippen molar-refractivity contribution in [2.45, 2.75) is 16.7 Å². The molecule has 9 heteroatoms. The van der Waals surface area contributed by atoms with Gasteiger partial charge in [0.05, 0.1) is 10.6 Å². The van der Waals surface area contributed by atoms with Crippen molar-refractivity contribution in [2.24, 2.45) is 0 Å². The third-order valence-corrected chi connectivity index (χ3v) is 3.74. The van der Waals surface area contributed by atoms with E-state index < -0.39 is 35.7 Å². The first-order chi connectivity index (χ1) is 7.03. The minimum Gasteiger partial charge on any atom is -0.744 e. The Balaban J connectivity index is 3.65. The second-order valence-corrected chi connectivity index (χ2v) is 5.82. The molecule has 0 fully saturated rings. The van der Waals surface area contributed by atoms with Gasteiger partial charge in [-0.25, -0.2) is 8.42 Å². The zero-order chi connectivity index (χ0) is 12.7. The summed E-state index contributed by atoms with van der Waals surface area (Å²) < 4.78 is 62.6. The number of rotatable bonds is 2. The van der Waals surface area contributed by atoms with Crippen LogP contribution in [0.25, 0.3) is 0 Å². The van der Waals surface area contributed by atoms with E-state index in [0.717, 1.165) is 6.07 Å². The zero-order valence-corrected chi connectivity index (χ0v) is 9.67. The first-order valence-electron chi connectivity index (χ1n) is 3.87. The lowest BCUT2D eigenvalue weighted by Gasteiger charge is -2.12. The quantitative estimate of drug-likeness (QED) is 0.554. The second kappa shape index (κ2) is 3.70. The van der Waals surface area contributed by atoms with Crippen molar-refractivity contribution < 1.29 is 25.9 Å². The maximum Gasteiger partial charge on any atom is 0.296 e. The van der Waals surface area contributed by atoms with Crippen LogP contribution < -0.4 is 5.73 Å². The molecule has 0 saturated carbocycles. The Morgan fingerprint density at radius 3 is 2.06 bits per heavy atom. The first kappa shape index (κ1) is 12.9. The topological polar surface area (TPSA) is 138 Å². The summed E-state index contributed by atoms with van der Waals surface area (Å²) in [6.07, 6.45) is 0. The van der Waals surface area contributed by atoms with Crippen molar-refractivity contribution in [1.82, 2.24) is 0 Å². The minimum atomic E-state index is -4.72. The number of hydrogen-bond donors (Lipinski definition) is 2. The Kier molecular flexibility index (Phi) is 2.98. The summed E-state index contributed by atoms with van der Waals surface area (Å²) in [4.78, 5) is -1.24. The Bertz CT molecular complexity index is 573. The van der Waals surface area contributed by atoms with Gasteiger partial charge in [0, 0.05) is 0 Å². The van der Waals surface area contributed by atoms with Crippen molar-refractivity contribution >= 4 is 25.9 Å². The Labute approximate surface area is 92.4 Å². The SMILES string of the molecule is Cc1cc(S(=O)(=O)O)c(N)cc1S(=O)(=O)[O-]. The monoisotopic (exact) mass is 266 g/mol. The van der Waals surface area contributed by atoms with Gasteiger partial charge < -0.3 is 10.3 Å².